The Morgan fingerprint density at radius 2 is 1.50 bits per heavy atom. The Balaban J connectivity index is 3.27. The summed E-state index contributed by atoms with van der Waals surface area (Å²) in [6.07, 6.45) is 5.09. The van der Waals surface area contributed by atoms with Crippen LogP contribution < -0.4 is 10.6 Å². The molecule has 0 fully saturated rings. The van der Waals surface area contributed by atoms with Crippen molar-refractivity contribution in [3.8, 4) is 0 Å². The predicted octanol–water partition coefficient (Wildman–Crippen LogP) is 1.60. The van der Waals surface area contributed by atoms with Crippen molar-refractivity contribution in [2.75, 3.05) is 13.1 Å². The minimum atomic E-state index is 0.0448. The first-order valence-corrected chi connectivity index (χ1v) is 6.24. The van der Waals surface area contributed by atoms with Crippen molar-refractivity contribution in [1.29, 1.82) is 0 Å². The van der Waals surface area contributed by atoms with Gasteiger partial charge in [0.1, 0.15) is 0 Å². The zero-order chi connectivity index (χ0) is 12.2. The number of amides is 2. The van der Waals surface area contributed by atoms with E-state index in [0.29, 0.717) is 25.8 Å². The van der Waals surface area contributed by atoms with E-state index in [-0.39, 0.29) is 11.8 Å². The van der Waals surface area contributed by atoms with Crippen molar-refractivity contribution in [2.45, 2.75) is 52.4 Å². The molecule has 0 aromatic rings. The Labute approximate surface area is 98.2 Å². The van der Waals surface area contributed by atoms with Gasteiger partial charge in [-0.15, -0.1) is 0 Å². The van der Waals surface area contributed by atoms with Crippen LogP contribution in [0.3, 0.4) is 0 Å². The summed E-state index contributed by atoms with van der Waals surface area (Å²) in [5.74, 6) is 0.130. The van der Waals surface area contributed by atoms with Gasteiger partial charge in [0.25, 0.3) is 0 Å². The van der Waals surface area contributed by atoms with Crippen LogP contribution in [0.4, 0.5) is 0 Å². The first-order valence-electron chi connectivity index (χ1n) is 6.24. The van der Waals surface area contributed by atoms with E-state index in [4.69, 9.17) is 0 Å². The van der Waals surface area contributed by atoms with Crippen LogP contribution in [0.15, 0.2) is 0 Å². The third kappa shape index (κ3) is 9.49. The van der Waals surface area contributed by atoms with Crippen LogP contribution in [0.1, 0.15) is 52.4 Å². The standard InChI is InChI=1S/C12H24N2O2/c1-3-5-6-9-14-12(16)8-7-10-13-11(15)4-2/h3-10H2,1-2H3,(H,13,15)(H,14,16). The summed E-state index contributed by atoms with van der Waals surface area (Å²) in [7, 11) is 0. The molecule has 0 saturated carbocycles. The first-order chi connectivity index (χ1) is 7.70. The monoisotopic (exact) mass is 228 g/mol. The van der Waals surface area contributed by atoms with Crippen LogP contribution in [0.5, 0.6) is 0 Å². The zero-order valence-corrected chi connectivity index (χ0v) is 10.5. The molecule has 94 valence electrons. The molecule has 0 saturated heterocycles. The van der Waals surface area contributed by atoms with Crippen molar-refractivity contribution in [2.24, 2.45) is 0 Å². The van der Waals surface area contributed by atoms with Crippen molar-refractivity contribution in [1.82, 2.24) is 10.6 Å². The number of unbranched alkanes of at least 4 members (excludes halogenated alkanes) is 2. The van der Waals surface area contributed by atoms with E-state index in [1.807, 2.05) is 6.92 Å². The van der Waals surface area contributed by atoms with Crippen LogP contribution in [0.2, 0.25) is 0 Å². The zero-order valence-electron chi connectivity index (χ0n) is 10.5. The van der Waals surface area contributed by atoms with Gasteiger partial charge in [-0.3, -0.25) is 9.59 Å². The number of carbonyl (C=O) groups excluding carboxylic acids is 2. The molecule has 0 atom stereocenters. The molecule has 0 heterocycles. The van der Waals surface area contributed by atoms with E-state index >= 15 is 0 Å². The van der Waals surface area contributed by atoms with Crippen molar-refractivity contribution < 1.29 is 9.59 Å². The van der Waals surface area contributed by atoms with Crippen LogP contribution in [-0.2, 0) is 9.59 Å². The summed E-state index contributed by atoms with van der Waals surface area (Å²) in [6.45, 7) is 5.32. The highest BCUT2D eigenvalue weighted by Gasteiger charge is 2.01. The minimum absolute atomic E-state index is 0.0448. The van der Waals surface area contributed by atoms with Gasteiger partial charge in [0, 0.05) is 25.9 Å². The lowest BCUT2D eigenvalue weighted by Crippen LogP contribution is -2.27. The Hall–Kier alpha value is -1.06. The smallest absolute Gasteiger partial charge is 0.220 e. The number of rotatable bonds is 9. The lowest BCUT2D eigenvalue weighted by Gasteiger charge is -2.05. The number of hydrogen-bond donors (Lipinski definition) is 2. The van der Waals surface area contributed by atoms with Crippen molar-refractivity contribution >= 4 is 11.8 Å². The number of nitrogens with one attached hydrogen (secondary N) is 2. The Bertz CT molecular complexity index is 205. The van der Waals surface area contributed by atoms with Crippen LogP contribution in [-0.4, -0.2) is 24.9 Å². The summed E-state index contributed by atoms with van der Waals surface area (Å²) in [5, 5.41) is 5.61. The quantitative estimate of drug-likeness (QED) is 0.589. The molecular weight excluding hydrogens is 204 g/mol. The molecule has 0 rings (SSSR count). The normalized spacial score (nSPS) is 9.88. The average molecular weight is 228 g/mol. The van der Waals surface area contributed by atoms with E-state index in [9.17, 15) is 9.59 Å². The van der Waals surface area contributed by atoms with E-state index in [2.05, 4.69) is 17.6 Å². The van der Waals surface area contributed by atoms with Gasteiger partial charge in [-0.05, 0) is 12.8 Å². The Morgan fingerprint density at radius 3 is 2.12 bits per heavy atom. The summed E-state index contributed by atoms with van der Waals surface area (Å²) < 4.78 is 0. The van der Waals surface area contributed by atoms with Crippen LogP contribution in [0.25, 0.3) is 0 Å². The summed E-state index contributed by atoms with van der Waals surface area (Å²) in [4.78, 5) is 22.2. The molecule has 0 aliphatic heterocycles. The average Bonchev–Trinajstić information content (AvgIpc) is 2.30. The molecule has 16 heavy (non-hydrogen) atoms. The van der Waals surface area contributed by atoms with E-state index in [0.717, 1.165) is 19.4 Å². The van der Waals surface area contributed by atoms with Crippen LogP contribution >= 0.6 is 0 Å². The van der Waals surface area contributed by atoms with E-state index in [1.165, 1.54) is 6.42 Å². The topological polar surface area (TPSA) is 58.2 Å². The van der Waals surface area contributed by atoms with Gasteiger partial charge in [0.15, 0.2) is 0 Å². The second-order valence-corrected chi connectivity index (χ2v) is 3.86. The predicted molar refractivity (Wildman–Crippen MR) is 65.1 cm³/mol. The molecule has 0 bridgehead atoms. The van der Waals surface area contributed by atoms with Gasteiger partial charge in [0.05, 0.1) is 0 Å². The SMILES string of the molecule is CCCCCNC(=O)CCCNC(=O)CC. The summed E-state index contributed by atoms with van der Waals surface area (Å²) in [5.41, 5.74) is 0. The molecule has 0 aromatic heterocycles. The molecule has 0 aliphatic rings. The fourth-order valence-electron chi connectivity index (χ4n) is 1.29. The maximum absolute atomic E-state index is 11.3. The lowest BCUT2D eigenvalue weighted by molar-refractivity contribution is -0.122. The third-order valence-electron chi connectivity index (χ3n) is 2.33. The van der Waals surface area contributed by atoms with Gasteiger partial charge in [-0.1, -0.05) is 26.7 Å². The molecule has 0 radical (unpaired) electrons. The summed E-state index contributed by atoms with van der Waals surface area (Å²) >= 11 is 0. The summed E-state index contributed by atoms with van der Waals surface area (Å²) in [6, 6.07) is 0. The Kier molecular flexibility index (Phi) is 9.76. The maximum Gasteiger partial charge on any atom is 0.220 e. The minimum Gasteiger partial charge on any atom is -0.356 e. The van der Waals surface area contributed by atoms with E-state index in [1.54, 1.807) is 0 Å². The van der Waals surface area contributed by atoms with Gasteiger partial charge >= 0.3 is 0 Å². The number of carbonyl (C=O) groups is 2. The maximum atomic E-state index is 11.3. The first kappa shape index (κ1) is 14.9. The fraction of sp³-hybridized carbons (Fsp3) is 0.833. The molecule has 0 aliphatic carbocycles. The second kappa shape index (κ2) is 10.5. The van der Waals surface area contributed by atoms with Crippen molar-refractivity contribution in [3.63, 3.8) is 0 Å². The fourth-order valence-corrected chi connectivity index (χ4v) is 1.29. The third-order valence-corrected chi connectivity index (χ3v) is 2.33. The molecule has 0 unspecified atom stereocenters. The van der Waals surface area contributed by atoms with Gasteiger partial charge in [-0.2, -0.15) is 0 Å². The largest absolute Gasteiger partial charge is 0.356 e. The molecule has 0 aromatic carbocycles. The Morgan fingerprint density at radius 1 is 0.875 bits per heavy atom. The highest BCUT2D eigenvalue weighted by molar-refractivity contribution is 5.76. The molecule has 0 spiro atoms. The number of hydrogen-bond acceptors (Lipinski definition) is 2. The van der Waals surface area contributed by atoms with Gasteiger partial charge in [0.2, 0.25) is 11.8 Å². The highest BCUT2D eigenvalue weighted by atomic mass is 16.2. The molecule has 4 heteroatoms. The van der Waals surface area contributed by atoms with Gasteiger partial charge < -0.3 is 10.6 Å². The molecule has 2 N–H and O–H groups in total. The van der Waals surface area contributed by atoms with E-state index < -0.39 is 0 Å². The lowest BCUT2D eigenvalue weighted by atomic mass is 10.2. The van der Waals surface area contributed by atoms with Crippen LogP contribution in [0, 0.1) is 0 Å². The van der Waals surface area contributed by atoms with Crippen molar-refractivity contribution in [3.05, 3.63) is 0 Å². The molecule has 2 amide bonds. The molecule has 4 nitrogen and oxygen atoms in total. The highest BCUT2D eigenvalue weighted by Crippen LogP contribution is 1.92. The van der Waals surface area contributed by atoms with Gasteiger partial charge in [-0.25, -0.2) is 0 Å². The molecular formula is C12H24N2O2. The second-order valence-electron chi connectivity index (χ2n) is 3.86.